The van der Waals surface area contributed by atoms with Crippen LogP contribution in [0.2, 0.25) is 0 Å². The standard InChI is InChI=1S/C11H17N3O4/c1-4-11(5-2,9(16)17)6-8(15)12-10-14-13-7(3)18-10/h4-6H2,1-3H3,(H,16,17)(H,12,14,15). The molecule has 100 valence electrons. The number of carboxylic acid groups (broad SMARTS) is 1. The lowest BCUT2D eigenvalue weighted by atomic mass is 9.79. The Kier molecular flexibility index (Phi) is 4.41. The van der Waals surface area contributed by atoms with Crippen LogP contribution < -0.4 is 5.32 Å². The highest BCUT2D eigenvalue weighted by atomic mass is 16.4. The van der Waals surface area contributed by atoms with E-state index in [4.69, 9.17) is 4.42 Å². The monoisotopic (exact) mass is 255 g/mol. The zero-order valence-electron chi connectivity index (χ0n) is 10.7. The van der Waals surface area contributed by atoms with Crippen LogP contribution in [0.3, 0.4) is 0 Å². The minimum absolute atomic E-state index is 0.0102. The predicted octanol–water partition coefficient (Wildman–Crippen LogP) is 1.60. The number of aryl methyl sites for hydroxylation is 1. The molecular weight excluding hydrogens is 238 g/mol. The number of aromatic nitrogens is 2. The average Bonchev–Trinajstić information content (AvgIpc) is 2.71. The van der Waals surface area contributed by atoms with Crippen molar-refractivity contribution in [1.29, 1.82) is 0 Å². The van der Waals surface area contributed by atoms with Crippen LogP contribution in [-0.2, 0) is 9.59 Å². The van der Waals surface area contributed by atoms with Gasteiger partial charge in [0.25, 0.3) is 0 Å². The molecule has 2 N–H and O–H groups in total. The third-order valence-electron chi connectivity index (χ3n) is 3.08. The fraction of sp³-hybridized carbons (Fsp3) is 0.636. The molecule has 0 aliphatic carbocycles. The van der Waals surface area contributed by atoms with Gasteiger partial charge in [0.2, 0.25) is 11.8 Å². The van der Waals surface area contributed by atoms with Crippen molar-refractivity contribution >= 4 is 17.9 Å². The van der Waals surface area contributed by atoms with Gasteiger partial charge >= 0.3 is 12.0 Å². The van der Waals surface area contributed by atoms with Gasteiger partial charge in [-0.05, 0) is 12.8 Å². The fourth-order valence-corrected chi connectivity index (χ4v) is 1.70. The second kappa shape index (κ2) is 5.61. The summed E-state index contributed by atoms with van der Waals surface area (Å²) in [6.45, 7) is 5.10. The number of aliphatic carboxylic acids is 1. The number of anilines is 1. The number of nitrogens with one attached hydrogen (secondary N) is 1. The molecule has 1 amide bonds. The first-order chi connectivity index (χ1) is 8.43. The van der Waals surface area contributed by atoms with Crippen molar-refractivity contribution in [3.63, 3.8) is 0 Å². The molecule has 1 heterocycles. The number of rotatable bonds is 6. The number of hydrogen-bond acceptors (Lipinski definition) is 5. The van der Waals surface area contributed by atoms with Gasteiger partial charge in [0.15, 0.2) is 0 Å². The maximum atomic E-state index is 11.8. The first kappa shape index (κ1) is 14.1. The molecule has 0 atom stereocenters. The molecule has 0 saturated heterocycles. The molecule has 0 aliphatic rings. The summed E-state index contributed by atoms with van der Waals surface area (Å²) in [5.41, 5.74) is -1.04. The Hall–Kier alpha value is -1.92. The van der Waals surface area contributed by atoms with Crippen LogP contribution in [0.25, 0.3) is 0 Å². The van der Waals surface area contributed by atoms with E-state index in [1.807, 2.05) is 0 Å². The Bertz CT molecular complexity index is 437. The molecule has 18 heavy (non-hydrogen) atoms. The van der Waals surface area contributed by atoms with Gasteiger partial charge < -0.3 is 9.52 Å². The van der Waals surface area contributed by atoms with Gasteiger partial charge in [-0.25, -0.2) is 0 Å². The van der Waals surface area contributed by atoms with E-state index in [1.54, 1.807) is 20.8 Å². The van der Waals surface area contributed by atoms with Crippen LogP contribution in [-0.4, -0.2) is 27.2 Å². The third-order valence-corrected chi connectivity index (χ3v) is 3.08. The lowest BCUT2D eigenvalue weighted by molar-refractivity contribution is -0.151. The number of nitrogens with zero attached hydrogens (tertiary/aromatic N) is 2. The lowest BCUT2D eigenvalue weighted by Gasteiger charge is -2.25. The van der Waals surface area contributed by atoms with Crippen molar-refractivity contribution in [1.82, 2.24) is 10.2 Å². The summed E-state index contributed by atoms with van der Waals surface area (Å²) < 4.78 is 4.99. The SMILES string of the molecule is CCC(CC)(CC(=O)Nc1nnc(C)o1)C(=O)O. The van der Waals surface area contributed by atoms with Gasteiger partial charge in [-0.15, -0.1) is 5.10 Å². The lowest BCUT2D eigenvalue weighted by Crippen LogP contribution is -2.34. The molecule has 0 unspecified atom stereocenters. The summed E-state index contributed by atoms with van der Waals surface area (Å²) in [6, 6.07) is -0.0102. The van der Waals surface area contributed by atoms with E-state index >= 15 is 0 Å². The van der Waals surface area contributed by atoms with Gasteiger partial charge in [-0.3, -0.25) is 14.9 Å². The maximum Gasteiger partial charge on any atom is 0.322 e. The number of carbonyl (C=O) groups is 2. The second-order valence-corrected chi connectivity index (χ2v) is 4.14. The highest BCUT2D eigenvalue weighted by molar-refractivity contribution is 5.92. The number of amides is 1. The van der Waals surface area contributed by atoms with E-state index in [0.29, 0.717) is 18.7 Å². The zero-order chi connectivity index (χ0) is 13.8. The summed E-state index contributed by atoms with van der Waals surface area (Å²) >= 11 is 0. The van der Waals surface area contributed by atoms with Crippen LogP contribution in [0.4, 0.5) is 6.01 Å². The molecule has 1 rings (SSSR count). The van der Waals surface area contributed by atoms with Gasteiger partial charge in [-0.2, -0.15) is 0 Å². The molecule has 0 radical (unpaired) electrons. The molecule has 0 fully saturated rings. The molecule has 7 nitrogen and oxygen atoms in total. The topological polar surface area (TPSA) is 105 Å². The van der Waals surface area contributed by atoms with Crippen molar-refractivity contribution in [2.45, 2.75) is 40.0 Å². The summed E-state index contributed by atoms with van der Waals surface area (Å²) in [7, 11) is 0. The van der Waals surface area contributed by atoms with E-state index < -0.39 is 17.3 Å². The van der Waals surface area contributed by atoms with Crippen molar-refractivity contribution in [3.05, 3.63) is 5.89 Å². The molecule has 1 aromatic rings. The quantitative estimate of drug-likeness (QED) is 0.799. The van der Waals surface area contributed by atoms with Gasteiger partial charge in [-0.1, -0.05) is 18.9 Å². The fourth-order valence-electron chi connectivity index (χ4n) is 1.70. The largest absolute Gasteiger partial charge is 0.481 e. The summed E-state index contributed by atoms with van der Waals surface area (Å²) in [5.74, 6) is -1.07. The average molecular weight is 255 g/mol. The highest BCUT2D eigenvalue weighted by Crippen LogP contribution is 2.31. The molecule has 0 bridgehead atoms. The van der Waals surface area contributed by atoms with E-state index in [9.17, 15) is 14.7 Å². The number of carboxylic acids is 1. The van der Waals surface area contributed by atoms with Crippen molar-refractivity contribution in [2.24, 2.45) is 5.41 Å². The summed E-state index contributed by atoms with van der Waals surface area (Å²) in [4.78, 5) is 23.0. The summed E-state index contributed by atoms with van der Waals surface area (Å²) in [6.07, 6.45) is 0.654. The minimum atomic E-state index is -1.04. The zero-order valence-corrected chi connectivity index (χ0v) is 10.7. The van der Waals surface area contributed by atoms with E-state index in [1.165, 1.54) is 0 Å². The number of hydrogen-bond donors (Lipinski definition) is 2. The Morgan fingerprint density at radius 3 is 2.33 bits per heavy atom. The Balaban J connectivity index is 2.70. The molecule has 7 heteroatoms. The van der Waals surface area contributed by atoms with E-state index in [2.05, 4.69) is 15.5 Å². The van der Waals surface area contributed by atoms with Crippen LogP contribution in [0, 0.1) is 12.3 Å². The Morgan fingerprint density at radius 2 is 1.94 bits per heavy atom. The normalized spacial score (nSPS) is 11.3. The molecule has 0 spiro atoms. The van der Waals surface area contributed by atoms with Crippen LogP contribution in [0.5, 0.6) is 0 Å². The molecule has 0 saturated carbocycles. The predicted molar refractivity (Wildman–Crippen MR) is 62.9 cm³/mol. The van der Waals surface area contributed by atoms with Gasteiger partial charge in [0.1, 0.15) is 0 Å². The van der Waals surface area contributed by atoms with Gasteiger partial charge in [0.05, 0.1) is 5.41 Å². The highest BCUT2D eigenvalue weighted by Gasteiger charge is 2.37. The Labute approximate surface area is 105 Å². The van der Waals surface area contributed by atoms with Crippen molar-refractivity contribution in [2.75, 3.05) is 5.32 Å². The minimum Gasteiger partial charge on any atom is -0.481 e. The Morgan fingerprint density at radius 1 is 1.33 bits per heavy atom. The van der Waals surface area contributed by atoms with Crippen molar-refractivity contribution < 1.29 is 19.1 Å². The second-order valence-electron chi connectivity index (χ2n) is 4.14. The van der Waals surface area contributed by atoms with Gasteiger partial charge in [0, 0.05) is 13.3 Å². The summed E-state index contributed by atoms with van der Waals surface area (Å²) in [5, 5.41) is 18.8. The van der Waals surface area contributed by atoms with Crippen LogP contribution in [0.15, 0.2) is 4.42 Å². The first-order valence-electron chi connectivity index (χ1n) is 5.77. The smallest absolute Gasteiger partial charge is 0.322 e. The molecular formula is C11H17N3O4. The van der Waals surface area contributed by atoms with Crippen LogP contribution >= 0.6 is 0 Å². The van der Waals surface area contributed by atoms with E-state index in [0.717, 1.165) is 0 Å². The molecule has 1 aromatic heterocycles. The van der Waals surface area contributed by atoms with Crippen LogP contribution in [0.1, 0.15) is 39.0 Å². The first-order valence-corrected chi connectivity index (χ1v) is 5.77. The third kappa shape index (κ3) is 3.06. The molecule has 0 aromatic carbocycles. The van der Waals surface area contributed by atoms with Crippen molar-refractivity contribution in [3.8, 4) is 0 Å². The van der Waals surface area contributed by atoms with E-state index in [-0.39, 0.29) is 12.4 Å². The molecule has 0 aliphatic heterocycles. The number of carbonyl (C=O) groups excluding carboxylic acids is 1. The maximum absolute atomic E-state index is 11.8.